The molecule has 2 aliphatic rings. The zero-order valence-electron chi connectivity index (χ0n) is 13.5. The number of amides is 1. The molecule has 8 heteroatoms. The normalized spacial score (nSPS) is 19.7. The molecule has 1 unspecified atom stereocenters. The van der Waals surface area contributed by atoms with Crippen molar-refractivity contribution in [1.29, 1.82) is 0 Å². The fraction of sp³-hybridized carbons (Fsp3) is 0.412. The van der Waals surface area contributed by atoms with E-state index in [2.05, 4.69) is 10.3 Å². The molecule has 1 atom stereocenters. The number of carbonyl (C=O) groups is 1. The summed E-state index contributed by atoms with van der Waals surface area (Å²) in [4.78, 5) is 19.4. The Morgan fingerprint density at radius 1 is 1.28 bits per heavy atom. The number of nitrogens with one attached hydrogen (secondary N) is 1. The van der Waals surface area contributed by atoms with Gasteiger partial charge in [-0.15, -0.1) is 36.2 Å². The summed E-state index contributed by atoms with van der Waals surface area (Å²) in [5.41, 5.74) is 1.57. The van der Waals surface area contributed by atoms with Crippen LogP contribution in [-0.2, 0) is 0 Å². The molecule has 25 heavy (non-hydrogen) atoms. The summed E-state index contributed by atoms with van der Waals surface area (Å²) in [5.74, 6) is 0.600. The summed E-state index contributed by atoms with van der Waals surface area (Å²) < 4.78 is 0. The summed E-state index contributed by atoms with van der Waals surface area (Å²) in [6, 6.07) is 7.71. The molecule has 1 aromatic carbocycles. The first-order valence-electron chi connectivity index (χ1n) is 7.95. The highest BCUT2D eigenvalue weighted by atomic mass is 35.5. The zero-order chi connectivity index (χ0) is 15.8. The van der Waals surface area contributed by atoms with Crippen molar-refractivity contribution in [1.82, 2.24) is 15.2 Å². The van der Waals surface area contributed by atoms with Gasteiger partial charge in [0.25, 0.3) is 5.91 Å². The van der Waals surface area contributed by atoms with E-state index in [-0.39, 0.29) is 36.8 Å². The van der Waals surface area contributed by atoms with E-state index in [4.69, 9.17) is 11.6 Å². The van der Waals surface area contributed by atoms with E-state index < -0.39 is 0 Å². The molecule has 0 spiro atoms. The second-order valence-corrected chi connectivity index (χ2v) is 7.38. The van der Waals surface area contributed by atoms with Gasteiger partial charge in [0, 0.05) is 36.0 Å². The van der Waals surface area contributed by atoms with Crippen molar-refractivity contribution in [3.8, 4) is 0 Å². The van der Waals surface area contributed by atoms with Gasteiger partial charge in [-0.2, -0.15) is 0 Å². The van der Waals surface area contributed by atoms with Crippen LogP contribution >= 0.6 is 47.8 Å². The molecule has 4 nitrogen and oxygen atoms in total. The summed E-state index contributed by atoms with van der Waals surface area (Å²) in [6.07, 6.45) is 2.41. The molecule has 1 N–H and O–H groups in total. The van der Waals surface area contributed by atoms with Gasteiger partial charge in [-0.1, -0.05) is 29.8 Å². The van der Waals surface area contributed by atoms with Crippen molar-refractivity contribution >= 4 is 53.7 Å². The van der Waals surface area contributed by atoms with Gasteiger partial charge >= 0.3 is 0 Å². The molecule has 136 valence electrons. The number of halogens is 3. The average molecular weight is 421 g/mol. The topological polar surface area (TPSA) is 45.2 Å². The highest BCUT2D eigenvalue weighted by molar-refractivity contribution is 7.10. The number of thiazole rings is 1. The number of hydrogen-bond donors (Lipinski definition) is 1. The second-order valence-electron chi connectivity index (χ2n) is 6.09. The maximum atomic E-state index is 13.0. The minimum Gasteiger partial charge on any atom is -0.328 e. The Labute approximate surface area is 168 Å². The van der Waals surface area contributed by atoms with Crippen molar-refractivity contribution in [3.05, 3.63) is 50.9 Å². The van der Waals surface area contributed by atoms with Gasteiger partial charge in [-0.3, -0.25) is 4.79 Å². The Hall–Kier alpha value is -0.850. The zero-order valence-corrected chi connectivity index (χ0v) is 16.7. The van der Waals surface area contributed by atoms with Gasteiger partial charge in [0.15, 0.2) is 0 Å². The third kappa shape index (κ3) is 4.29. The Morgan fingerprint density at radius 2 is 2.04 bits per heavy atom. The van der Waals surface area contributed by atoms with Crippen molar-refractivity contribution in [2.75, 3.05) is 19.6 Å². The molecular formula is C17H20Cl3N3OS. The van der Waals surface area contributed by atoms with Crippen LogP contribution in [-0.4, -0.2) is 35.4 Å². The van der Waals surface area contributed by atoms with E-state index in [1.807, 2.05) is 34.5 Å². The molecule has 1 aromatic heterocycles. The third-order valence-electron chi connectivity index (χ3n) is 4.44. The maximum Gasteiger partial charge on any atom is 0.273 e. The highest BCUT2D eigenvalue weighted by Gasteiger charge is 2.32. The van der Waals surface area contributed by atoms with Crippen LogP contribution in [0, 0.1) is 0 Å². The number of rotatable bonds is 3. The van der Waals surface area contributed by atoms with Crippen LogP contribution < -0.4 is 5.32 Å². The highest BCUT2D eigenvalue weighted by Crippen LogP contribution is 2.41. The van der Waals surface area contributed by atoms with Crippen LogP contribution in [0.15, 0.2) is 29.6 Å². The Morgan fingerprint density at radius 3 is 2.76 bits per heavy atom. The molecular weight excluding hydrogens is 401 g/mol. The first kappa shape index (κ1) is 20.5. The Bertz CT molecular complexity index is 735. The molecule has 1 aliphatic carbocycles. The maximum absolute atomic E-state index is 13.0. The molecule has 2 aromatic rings. The summed E-state index contributed by atoms with van der Waals surface area (Å²) in [6.45, 7) is 2.19. The average Bonchev–Trinajstić information content (AvgIpc) is 3.32. The summed E-state index contributed by atoms with van der Waals surface area (Å²) in [5, 5.41) is 7.08. The lowest BCUT2D eigenvalue weighted by atomic mass is 10.0. The van der Waals surface area contributed by atoms with E-state index in [1.165, 1.54) is 12.8 Å². The molecule has 1 saturated carbocycles. The third-order valence-corrected chi connectivity index (χ3v) is 5.79. The number of aromatic nitrogens is 1. The van der Waals surface area contributed by atoms with Crippen LogP contribution in [0.1, 0.15) is 45.9 Å². The predicted molar refractivity (Wildman–Crippen MR) is 107 cm³/mol. The van der Waals surface area contributed by atoms with Gasteiger partial charge in [-0.25, -0.2) is 4.98 Å². The summed E-state index contributed by atoms with van der Waals surface area (Å²) >= 11 is 7.96. The lowest BCUT2D eigenvalue weighted by Gasteiger charge is -2.36. The fourth-order valence-corrected chi connectivity index (χ4v) is 4.25. The van der Waals surface area contributed by atoms with Gasteiger partial charge in [-0.05, 0) is 24.5 Å². The minimum absolute atomic E-state index is 0. The SMILES string of the molecule is Cl.Cl.O=C(c1csc(C2CC2)n1)N1CCNCC1c1ccccc1Cl. The molecule has 1 amide bonds. The molecule has 0 bridgehead atoms. The van der Waals surface area contributed by atoms with Crippen LogP contribution in [0.4, 0.5) is 0 Å². The smallest absolute Gasteiger partial charge is 0.273 e. The van der Waals surface area contributed by atoms with Crippen LogP contribution in [0.3, 0.4) is 0 Å². The van der Waals surface area contributed by atoms with Crippen molar-refractivity contribution in [2.45, 2.75) is 24.8 Å². The van der Waals surface area contributed by atoms with E-state index >= 15 is 0 Å². The van der Waals surface area contributed by atoms with Gasteiger partial charge < -0.3 is 10.2 Å². The van der Waals surface area contributed by atoms with E-state index in [9.17, 15) is 4.79 Å². The minimum atomic E-state index is -0.0453. The standard InChI is InChI=1S/C17H18ClN3OS.2ClH/c18-13-4-2-1-3-12(13)15-9-19-7-8-21(15)17(22)14-10-23-16(20-14)11-5-6-11;;/h1-4,10-11,15,19H,5-9H2;2*1H. The summed E-state index contributed by atoms with van der Waals surface area (Å²) in [7, 11) is 0. The fourth-order valence-electron chi connectivity index (χ4n) is 3.02. The monoisotopic (exact) mass is 419 g/mol. The van der Waals surface area contributed by atoms with E-state index in [0.29, 0.717) is 23.2 Å². The van der Waals surface area contributed by atoms with Gasteiger partial charge in [0.05, 0.1) is 11.0 Å². The molecule has 1 aliphatic heterocycles. The number of piperazine rings is 1. The van der Waals surface area contributed by atoms with Crippen molar-refractivity contribution < 1.29 is 4.79 Å². The largest absolute Gasteiger partial charge is 0.328 e. The number of hydrogen-bond acceptors (Lipinski definition) is 4. The van der Waals surface area contributed by atoms with E-state index in [1.54, 1.807) is 11.3 Å². The van der Waals surface area contributed by atoms with Crippen LogP contribution in [0.2, 0.25) is 5.02 Å². The second kappa shape index (κ2) is 8.69. The molecule has 4 rings (SSSR count). The number of benzene rings is 1. The number of carbonyl (C=O) groups excluding carboxylic acids is 1. The molecule has 2 heterocycles. The molecule has 2 fully saturated rings. The predicted octanol–water partition coefficient (Wildman–Crippen LogP) is 4.30. The Kier molecular flexibility index (Phi) is 7.11. The van der Waals surface area contributed by atoms with Gasteiger partial charge in [0.2, 0.25) is 0 Å². The van der Waals surface area contributed by atoms with Crippen LogP contribution in [0.5, 0.6) is 0 Å². The lowest BCUT2D eigenvalue weighted by Crippen LogP contribution is -2.48. The number of nitrogens with zero attached hydrogens (tertiary/aromatic N) is 2. The van der Waals surface area contributed by atoms with Crippen molar-refractivity contribution in [2.24, 2.45) is 0 Å². The lowest BCUT2D eigenvalue weighted by molar-refractivity contribution is 0.0629. The quantitative estimate of drug-likeness (QED) is 0.805. The van der Waals surface area contributed by atoms with Crippen molar-refractivity contribution in [3.63, 3.8) is 0 Å². The first-order valence-corrected chi connectivity index (χ1v) is 9.21. The Balaban J connectivity index is 0.00000113. The van der Waals surface area contributed by atoms with Crippen LogP contribution in [0.25, 0.3) is 0 Å². The first-order chi connectivity index (χ1) is 11.2. The molecule has 1 saturated heterocycles. The molecule has 0 radical (unpaired) electrons. The van der Waals surface area contributed by atoms with Gasteiger partial charge in [0.1, 0.15) is 5.69 Å². The van der Waals surface area contributed by atoms with E-state index in [0.717, 1.165) is 23.7 Å².